The first-order valence-electron chi connectivity index (χ1n) is 7.30. The van der Waals surface area contributed by atoms with Crippen molar-refractivity contribution < 1.29 is 4.79 Å². The van der Waals surface area contributed by atoms with Crippen LogP contribution in [-0.4, -0.2) is 37.0 Å². The third-order valence-corrected chi connectivity index (χ3v) is 4.20. The average Bonchev–Trinajstić information content (AvgIpc) is 2.75. The highest BCUT2D eigenvalue weighted by molar-refractivity contribution is 5.93. The van der Waals surface area contributed by atoms with E-state index >= 15 is 0 Å². The van der Waals surface area contributed by atoms with Crippen molar-refractivity contribution in [2.45, 2.75) is 38.8 Å². The fourth-order valence-corrected chi connectivity index (χ4v) is 2.82. The van der Waals surface area contributed by atoms with Gasteiger partial charge in [0.2, 0.25) is 0 Å². The Morgan fingerprint density at radius 3 is 2.15 bits per heavy atom. The van der Waals surface area contributed by atoms with Crippen LogP contribution in [0.25, 0.3) is 0 Å². The fraction of sp³-hybridized carbons (Fsp3) is 0.562. The lowest BCUT2D eigenvalue weighted by Crippen LogP contribution is -2.30. The van der Waals surface area contributed by atoms with E-state index in [1.165, 1.54) is 5.56 Å². The van der Waals surface area contributed by atoms with Gasteiger partial charge in [-0.25, -0.2) is 0 Å². The highest BCUT2D eigenvalue weighted by atomic mass is 16.2. The van der Waals surface area contributed by atoms with Crippen molar-refractivity contribution in [3.8, 4) is 0 Å². The second kappa shape index (κ2) is 6.37. The standard InChI is InChI=1S/C16H25N3O/c1-11-15(12(2)18-17-11)10-7-13-5-8-14(9-6-13)16(20)19(3)4/h5-6,8-9,11-12,15,17-18H,7,10H2,1-4H3. The summed E-state index contributed by atoms with van der Waals surface area (Å²) in [5.74, 6) is 0.709. The normalized spacial score (nSPS) is 25.7. The van der Waals surface area contributed by atoms with Gasteiger partial charge in [0.05, 0.1) is 0 Å². The molecule has 1 amide bonds. The van der Waals surface area contributed by atoms with Crippen molar-refractivity contribution in [3.05, 3.63) is 35.4 Å². The summed E-state index contributed by atoms with van der Waals surface area (Å²) in [7, 11) is 3.55. The molecule has 2 unspecified atom stereocenters. The van der Waals surface area contributed by atoms with Crippen molar-refractivity contribution in [1.29, 1.82) is 0 Å². The average molecular weight is 275 g/mol. The van der Waals surface area contributed by atoms with Gasteiger partial charge in [0, 0.05) is 31.7 Å². The molecule has 1 aliphatic rings. The number of nitrogens with one attached hydrogen (secondary N) is 2. The van der Waals surface area contributed by atoms with Crippen LogP contribution in [0.1, 0.15) is 36.2 Å². The maximum Gasteiger partial charge on any atom is 0.253 e. The molecule has 2 N–H and O–H groups in total. The maximum absolute atomic E-state index is 11.8. The van der Waals surface area contributed by atoms with Gasteiger partial charge in [-0.1, -0.05) is 12.1 Å². The third kappa shape index (κ3) is 3.38. The number of rotatable bonds is 4. The quantitative estimate of drug-likeness (QED) is 0.881. The zero-order chi connectivity index (χ0) is 14.7. The molecular weight excluding hydrogens is 250 g/mol. The number of hydrazine groups is 1. The molecule has 0 spiro atoms. The summed E-state index contributed by atoms with van der Waals surface area (Å²) in [6.07, 6.45) is 2.21. The van der Waals surface area contributed by atoms with Gasteiger partial charge >= 0.3 is 0 Å². The molecule has 0 aromatic heterocycles. The molecule has 0 bridgehead atoms. The molecule has 0 aliphatic carbocycles. The summed E-state index contributed by atoms with van der Waals surface area (Å²) in [5, 5.41) is 0. The Labute approximate surface area is 121 Å². The summed E-state index contributed by atoms with van der Waals surface area (Å²) in [6.45, 7) is 4.44. The zero-order valence-corrected chi connectivity index (χ0v) is 12.8. The van der Waals surface area contributed by atoms with Gasteiger partial charge in [0.15, 0.2) is 0 Å². The summed E-state index contributed by atoms with van der Waals surface area (Å²) >= 11 is 0. The maximum atomic E-state index is 11.8. The molecule has 1 fully saturated rings. The lowest BCUT2D eigenvalue weighted by molar-refractivity contribution is 0.0827. The van der Waals surface area contributed by atoms with E-state index in [4.69, 9.17) is 0 Å². The number of nitrogens with zero attached hydrogens (tertiary/aromatic N) is 1. The minimum absolute atomic E-state index is 0.0583. The Morgan fingerprint density at radius 2 is 1.65 bits per heavy atom. The van der Waals surface area contributed by atoms with Gasteiger partial charge in [-0.05, 0) is 50.3 Å². The molecule has 110 valence electrons. The van der Waals surface area contributed by atoms with Crippen LogP contribution in [-0.2, 0) is 6.42 Å². The van der Waals surface area contributed by atoms with Gasteiger partial charge in [-0.15, -0.1) is 0 Å². The predicted molar refractivity (Wildman–Crippen MR) is 81.5 cm³/mol. The largest absolute Gasteiger partial charge is 0.345 e. The summed E-state index contributed by atoms with van der Waals surface area (Å²) < 4.78 is 0. The molecule has 2 atom stereocenters. The highest BCUT2D eigenvalue weighted by Crippen LogP contribution is 2.21. The smallest absolute Gasteiger partial charge is 0.253 e. The van der Waals surface area contributed by atoms with E-state index in [1.807, 2.05) is 12.1 Å². The van der Waals surface area contributed by atoms with E-state index < -0.39 is 0 Å². The SMILES string of the molecule is CC1NNC(C)C1CCc1ccc(C(=O)N(C)C)cc1. The molecule has 1 heterocycles. The van der Waals surface area contributed by atoms with E-state index in [9.17, 15) is 4.79 Å². The second-order valence-electron chi connectivity index (χ2n) is 5.97. The van der Waals surface area contributed by atoms with Crippen LogP contribution >= 0.6 is 0 Å². The number of benzene rings is 1. The zero-order valence-electron chi connectivity index (χ0n) is 12.8. The number of hydrogen-bond donors (Lipinski definition) is 2. The summed E-state index contributed by atoms with van der Waals surface area (Å²) in [4.78, 5) is 13.4. The lowest BCUT2D eigenvalue weighted by atomic mass is 9.90. The van der Waals surface area contributed by atoms with E-state index in [-0.39, 0.29) is 5.91 Å². The molecule has 1 aromatic carbocycles. The number of aryl methyl sites for hydroxylation is 1. The molecule has 0 radical (unpaired) electrons. The Hall–Kier alpha value is -1.39. The van der Waals surface area contributed by atoms with Gasteiger partial charge in [-0.2, -0.15) is 0 Å². The van der Waals surface area contributed by atoms with Crippen LogP contribution in [0, 0.1) is 5.92 Å². The monoisotopic (exact) mass is 275 g/mol. The first-order chi connectivity index (χ1) is 9.49. The number of carbonyl (C=O) groups excluding carboxylic acids is 1. The highest BCUT2D eigenvalue weighted by Gasteiger charge is 2.28. The number of hydrogen-bond acceptors (Lipinski definition) is 3. The molecule has 4 nitrogen and oxygen atoms in total. The van der Waals surface area contributed by atoms with Crippen molar-refractivity contribution >= 4 is 5.91 Å². The fourth-order valence-electron chi connectivity index (χ4n) is 2.82. The molecule has 20 heavy (non-hydrogen) atoms. The van der Waals surface area contributed by atoms with E-state index in [2.05, 4.69) is 36.8 Å². The van der Waals surface area contributed by atoms with Crippen molar-refractivity contribution in [1.82, 2.24) is 15.8 Å². The second-order valence-corrected chi connectivity index (χ2v) is 5.97. The molecule has 1 aliphatic heterocycles. The van der Waals surface area contributed by atoms with Gasteiger partial charge in [0.25, 0.3) is 5.91 Å². The van der Waals surface area contributed by atoms with E-state index in [0.717, 1.165) is 18.4 Å². The van der Waals surface area contributed by atoms with Gasteiger partial charge in [0.1, 0.15) is 0 Å². The molecule has 1 aromatic rings. The van der Waals surface area contributed by atoms with Crippen LogP contribution in [0.3, 0.4) is 0 Å². The van der Waals surface area contributed by atoms with Crippen molar-refractivity contribution in [2.24, 2.45) is 5.92 Å². The molecule has 2 rings (SSSR count). The van der Waals surface area contributed by atoms with E-state index in [1.54, 1.807) is 19.0 Å². The minimum atomic E-state index is 0.0583. The number of amides is 1. The van der Waals surface area contributed by atoms with Crippen LogP contribution in [0.2, 0.25) is 0 Å². The molecule has 4 heteroatoms. The Kier molecular flexibility index (Phi) is 4.78. The summed E-state index contributed by atoms with van der Waals surface area (Å²) in [5.41, 5.74) is 8.64. The Morgan fingerprint density at radius 1 is 1.10 bits per heavy atom. The molecule has 1 saturated heterocycles. The van der Waals surface area contributed by atoms with Gasteiger partial charge in [-0.3, -0.25) is 15.6 Å². The number of carbonyl (C=O) groups is 1. The van der Waals surface area contributed by atoms with Crippen LogP contribution < -0.4 is 10.9 Å². The summed E-state index contributed by atoms with van der Waals surface area (Å²) in [6, 6.07) is 9.02. The Balaban J connectivity index is 1.92. The Bertz CT molecular complexity index is 445. The molecule has 0 saturated carbocycles. The predicted octanol–water partition coefficient (Wildman–Crippen LogP) is 1.82. The lowest BCUT2D eigenvalue weighted by Gasteiger charge is -2.17. The molecular formula is C16H25N3O. The van der Waals surface area contributed by atoms with Crippen molar-refractivity contribution in [2.75, 3.05) is 14.1 Å². The minimum Gasteiger partial charge on any atom is -0.345 e. The topological polar surface area (TPSA) is 44.4 Å². The van der Waals surface area contributed by atoms with Crippen molar-refractivity contribution in [3.63, 3.8) is 0 Å². The van der Waals surface area contributed by atoms with Crippen LogP contribution in [0.5, 0.6) is 0 Å². The van der Waals surface area contributed by atoms with Gasteiger partial charge < -0.3 is 4.90 Å². The van der Waals surface area contributed by atoms with Crippen LogP contribution in [0.4, 0.5) is 0 Å². The van der Waals surface area contributed by atoms with E-state index in [0.29, 0.717) is 18.0 Å². The third-order valence-electron chi connectivity index (χ3n) is 4.20. The first kappa shape index (κ1) is 15.0. The first-order valence-corrected chi connectivity index (χ1v) is 7.30. The van der Waals surface area contributed by atoms with Crippen LogP contribution in [0.15, 0.2) is 24.3 Å².